The minimum Gasteiger partial charge on any atom is -0.495 e. The van der Waals surface area contributed by atoms with Crippen molar-refractivity contribution in [1.29, 1.82) is 0 Å². The van der Waals surface area contributed by atoms with Gasteiger partial charge in [0.15, 0.2) is 23.1 Å². The first-order chi connectivity index (χ1) is 13.4. The summed E-state index contributed by atoms with van der Waals surface area (Å²) in [6.45, 7) is 0. The number of benzene rings is 3. The molecule has 0 radical (unpaired) electrons. The van der Waals surface area contributed by atoms with Gasteiger partial charge in [-0.2, -0.15) is 0 Å². The first-order valence-electron chi connectivity index (χ1n) is 8.00. The van der Waals surface area contributed by atoms with Crippen molar-refractivity contribution >= 4 is 25.0 Å². The zero-order valence-corrected chi connectivity index (χ0v) is 16.2. The summed E-state index contributed by atoms with van der Waals surface area (Å²) in [6, 6.07) is 15.1. The highest BCUT2D eigenvalue weighted by molar-refractivity contribution is 7.56. The molecule has 0 aliphatic rings. The Kier molecular flexibility index (Phi) is 6.07. The van der Waals surface area contributed by atoms with Gasteiger partial charge in [0, 0.05) is 5.69 Å². The molecule has 0 bridgehead atoms. The second-order valence-corrected chi connectivity index (χ2v) is 7.49. The van der Waals surface area contributed by atoms with E-state index < -0.39 is 19.4 Å². The van der Waals surface area contributed by atoms with Crippen molar-refractivity contribution in [2.45, 2.75) is 0 Å². The summed E-state index contributed by atoms with van der Waals surface area (Å²) in [6.07, 6.45) is 0. The van der Waals surface area contributed by atoms with Crippen LogP contribution in [-0.4, -0.2) is 7.11 Å². The van der Waals surface area contributed by atoms with Gasteiger partial charge in [-0.05, 0) is 42.5 Å². The van der Waals surface area contributed by atoms with Crippen LogP contribution in [0.3, 0.4) is 0 Å². The first-order valence-corrected chi connectivity index (χ1v) is 9.92. The second-order valence-electron chi connectivity index (χ2n) is 5.50. The summed E-state index contributed by atoms with van der Waals surface area (Å²) < 4.78 is 57.0. The lowest BCUT2D eigenvalue weighted by Gasteiger charge is -2.21. The van der Waals surface area contributed by atoms with E-state index in [1.807, 2.05) is 0 Å². The Balaban J connectivity index is 1.96. The fourth-order valence-electron chi connectivity index (χ4n) is 2.25. The summed E-state index contributed by atoms with van der Waals surface area (Å²) in [5, 5.41) is 2.77. The molecule has 0 aliphatic carbocycles. The zero-order valence-electron chi connectivity index (χ0n) is 14.6. The highest BCUT2D eigenvalue weighted by Crippen LogP contribution is 2.49. The fourth-order valence-corrected chi connectivity index (χ4v) is 3.91. The lowest BCUT2D eigenvalue weighted by molar-refractivity contribution is 0.373. The van der Waals surface area contributed by atoms with Gasteiger partial charge in [0.2, 0.25) is 0 Å². The maximum absolute atomic E-state index is 14.0. The molecule has 146 valence electrons. The Labute approximate surface area is 165 Å². The average molecular weight is 426 g/mol. The van der Waals surface area contributed by atoms with Crippen molar-refractivity contribution in [3.63, 3.8) is 0 Å². The third kappa shape index (κ3) is 4.74. The molecule has 0 fully saturated rings. The van der Waals surface area contributed by atoms with E-state index >= 15 is 0 Å². The van der Waals surface area contributed by atoms with Crippen LogP contribution in [0.5, 0.6) is 17.2 Å². The number of rotatable bonds is 7. The van der Waals surface area contributed by atoms with Gasteiger partial charge in [0.1, 0.15) is 5.75 Å². The molecule has 3 rings (SSSR count). The van der Waals surface area contributed by atoms with Gasteiger partial charge < -0.3 is 13.8 Å². The van der Waals surface area contributed by atoms with Crippen molar-refractivity contribution in [3.8, 4) is 17.2 Å². The largest absolute Gasteiger partial charge is 0.541 e. The molecule has 9 heteroatoms. The number of para-hydroxylation sites is 2. The molecule has 3 aromatic carbocycles. The molecule has 0 amide bonds. The van der Waals surface area contributed by atoms with Gasteiger partial charge in [-0.1, -0.05) is 35.9 Å². The van der Waals surface area contributed by atoms with Gasteiger partial charge >= 0.3 is 7.75 Å². The number of hydrogen-bond acceptors (Lipinski definition) is 4. The van der Waals surface area contributed by atoms with Crippen LogP contribution in [0.4, 0.5) is 14.5 Å². The average Bonchev–Trinajstić information content (AvgIpc) is 2.66. The molecule has 5 nitrogen and oxygen atoms in total. The third-order valence-corrected chi connectivity index (χ3v) is 5.23. The van der Waals surface area contributed by atoms with E-state index in [2.05, 4.69) is 5.09 Å². The van der Waals surface area contributed by atoms with Gasteiger partial charge in [-0.15, -0.1) is 0 Å². The highest BCUT2D eigenvalue weighted by Gasteiger charge is 2.31. The molecule has 0 heterocycles. The Hall–Kier alpha value is -2.76. The van der Waals surface area contributed by atoms with Crippen LogP contribution in [0, 0.1) is 11.6 Å². The number of anilines is 1. The van der Waals surface area contributed by atoms with E-state index in [0.29, 0.717) is 5.75 Å². The lowest BCUT2D eigenvalue weighted by atomic mass is 10.3. The quantitative estimate of drug-likeness (QED) is 0.450. The van der Waals surface area contributed by atoms with E-state index in [9.17, 15) is 13.3 Å². The molecule has 0 aromatic heterocycles. The van der Waals surface area contributed by atoms with Crippen molar-refractivity contribution in [2.75, 3.05) is 12.2 Å². The van der Waals surface area contributed by atoms with Crippen LogP contribution in [0.2, 0.25) is 5.02 Å². The molecular formula is C19H15ClF2NO4P. The molecule has 0 unspecified atom stereocenters. The topological polar surface area (TPSA) is 56.8 Å². The van der Waals surface area contributed by atoms with Crippen LogP contribution >= 0.6 is 19.3 Å². The van der Waals surface area contributed by atoms with Gasteiger partial charge in [-0.3, -0.25) is 5.09 Å². The smallest absolute Gasteiger partial charge is 0.495 e. The van der Waals surface area contributed by atoms with Crippen LogP contribution in [0.1, 0.15) is 0 Å². The molecule has 28 heavy (non-hydrogen) atoms. The summed E-state index contributed by atoms with van der Waals surface area (Å²) in [7, 11) is -2.87. The molecule has 0 spiro atoms. The summed E-state index contributed by atoms with van der Waals surface area (Å²) in [5.74, 6) is -1.76. The Morgan fingerprint density at radius 1 is 0.857 bits per heavy atom. The van der Waals surface area contributed by atoms with E-state index in [0.717, 1.165) is 12.1 Å². The van der Waals surface area contributed by atoms with Crippen LogP contribution < -0.4 is 18.9 Å². The minimum atomic E-state index is -4.31. The minimum absolute atomic E-state index is 0.232. The molecular weight excluding hydrogens is 411 g/mol. The van der Waals surface area contributed by atoms with Gasteiger partial charge in [0.05, 0.1) is 12.1 Å². The van der Waals surface area contributed by atoms with Crippen LogP contribution in [-0.2, 0) is 4.57 Å². The van der Waals surface area contributed by atoms with E-state index in [1.54, 1.807) is 0 Å². The monoisotopic (exact) mass is 425 g/mol. The number of nitrogens with one attached hydrogen (secondary N) is 1. The summed E-state index contributed by atoms with van der Waals surface area (Å²) in [5.41, 5.74) is 0.238. The number of ether oxygens (including phenoxy) is 1. The molecule has 3 aromatic rings. The van der Waals surface area contributed by atoms with Crippen molar-refractivity contribution in [1.82, 2.24) is 0 Å². The van der Waals surface area contributed by atoms with Crippen molar-refractivity contribution in [3.05, 3.63) is 83.4 Å². The second kappa shape index (κ2) is 8.50. The standard InChI is InChI=1S/C19H15ClF2NO4P/c1-25-17-11-10-13(12-14(17)20)23-28(24,26-18-8-4-2-6-15(18)21)27-19-9-5-3-7-16(19)22/h2-12H,1H3,(H,23,24). The Bertz CT molecular complexity index is 983. The van der Waals surface area contributed by atoms with Gasteiger partial charge in [0.25, 0.3) is 0 Å². The van der Waals surface area contributed by atoms with E-state index in [1.165, 1.54) is 61.7 Å². The summed E-state index contributed by atoms with van der Waals surface area (Å²) >= 11 is 6.07. The number of hydrogen-bond donors (Lipinski definition) is 1. The molecule has 0 saturated carbocycles. The maximum atomic E-state index is 14.0. The Morgan fingerprint density at radius 2 is 1.39 bits per heavy atom. The third-order valence-electron chi connectivity index (χ3n) is 3.53. The van der Waals surface area contributed by atoms with Gasteiger partial charge in [-0.25, -0.2) is 13.3 Å². The Morgan fingerprint density at radius 3 is 1.86 bits per heavy atom. The molecule has 0 aliphatic heterocycles. The predicted octanol–water partition coefficient (Wildman–Crippen LogP) is 6.30. The highest BCUT2D eigenvalue weighted by atomic mass is 35.5. The number of methoxy groups -OCH3 is 1. The fraction of sp³-hybridized carbons (Fsp3) is 0.0526. The lowest BCUT2D eigenvalue weighted by Crippen LogP contribution is -2.11. The molecule has 0 saturated heterocycles. The van der Waals surface area contributed by atoms with E-state index in [4.69, 9.17) is 25.4 Å². The molecule has 0 atom stereocenters. The SMILES string of the molecule is COc1ccc(NP(=O)(Oc2ccccc2F)Oc2ccccc2F)cc1Cl. The zero-order chi connectivity index (χ0) is 20.1. The van der Waals surface area contributed by atoms with Crippen molar-refractivity contribution in [2.24, 2.45) is 0 Å². The maximum Gasteiger partial charge on any atom is 0.541 e. The summed E-state index contributed by atoms with van der Waals surface area (Å²) in [4.78, 5) is 0. The normalized spacial score (nSPS) is 11.0. The first kappa shape index (κ1) is 20.0. The van der Waals surface area contributed by atoms with Crippen LogP contribution in [0.15, 0.2) is 66.7 Å². The predicted molar refractivity (Wildman–Crippen MR) is 103 cm³/mol. The van der Waals surface area contributed by atoms with Crippen LogP contribution in [0.25, 0.3) is 0 Å². The number of halogens is 3. The van der Waals surface area contributed by atoms with Crippen molar-refractivity contribution < 1.29 is 27.1 Å². The molecule has 1 N–H and O–H groups in total. The van der Waals surface area contributed by atoms with E-state index in [-0.39, 0.29) is 22.2 Å².